The van der Waals surface area contributed by atoms with Crippen molar-refractivity contribution in [2.24, 2.45) is 0 Å². The van der Waals surface area contributed by atoms with Gasteiger partial charge in [0.1, 0.15) is 11.6 Å². The Kier molecular flexibility index (Phi) is 4.59. The zero-order valence-electron chi connectivity index (χ0n) is 12.5. The van der Waals surface area contributed by atoms with Crippen LogP contribution in [0, 0.1) is 6.92 Å². The molecule has 2 aromatic heterocycles. The Morgan fingerprint density at radius 3 is 2.50 bits per heavy atom. The zero-order chi connectivity index (χ0) is 17.2. The molecule has 0 saturated heterocycles. The third kappa shape index (κ3) is 4.15. The van der Waals surface area contributed by atoms with Gasteiger partial charge in [0.15, 0.2) is 5.82 Å². The van der Waals surface area contributed by atoms with Crippen molar-refractivity contribution >= 4 is 18.5 Å². The largest absolute Gasteiger partial charge is 0.439 e. The van der Waals surface area contributed by atoms with E-state index in [-0.39, 0.29) is 6.01 Å². The highest BCUT2D eigenvalue weighted by Gasteiger charge is 2.17. The van der Waals surface area contributed by atoms with Gasteiger partial charge in [-0.05, 0) is 25.1 Å². The average Bonchev–Trinajstić information content (AvgIpc) is 2.87. The molecule has 2 heterocycles. The fourth-order valence-corrected chi connectivity index (χ4v) is 2.41. The van der Waals surface area contributed by atoms with Crippen molar-refractivity contribution < 1.29 is 19.0 Å². The third-order valence-electron chi connectivity index (χ3n) is 2.84. The highest BCUT2D eigenvalue weighted by molar-refractivity contribution is 8.06. The van der Waals surface area contributed by atoms with Gasteiger partial charge in [-0.25, -0.2) is 0 Å². The van der Waals surface area contributed by atoms with Crippen LogP contribution in [0.25, 0.3) is 5.82 Å². The first-order valence-electron chi connectivity index (χ1n) is 6.80. The minimum absolute atomic E-state index is 0.225. The van der Waals surface area contributed by atoms with Gasteiger partial charge in [-0.2, -0.15) is 14.6 Å². The second kappa shape index (κ2) is 6.66. The Morgan fingerprint density at radius 1 is 1.04 bits per heavy atom. The standard InChI is InChI=1S/C14H13N4O4PS/c1-10-15-14(22-23(19,20)24)17-18(10)12-8-5-9-13(16-12)21-11-6-3-2-4-7-11/h2-9H,1H3,(H2,19,20,24). The molecule has 0 amide bonds. The topological polar surface area (TPSA) is 103 Å². The molecule has 1 aromatic carbocycles. The second-order valence-corrected chi connectivity index (χ2v) is 7.28. The lowest BCUT2D eigenvalue weighted by Crippen LogP contribution is -2.03. The number of aryl methyl sites for hydroxylation is 1. The van der Waals surface area contributed by atoms with Crippen LogP contribution in [0.15, 0.2) is 48.5 Å². The Hall–Kier alpha value is -2.32. The Balaban J connectivity index is 1.88. The summed E-state index contributed by atoms with van der Waals surface area (Å²) in [6.07, 6.45) is 0. The van der Waals surface area contributed by atoms with Crippen LogP contribution in [-0.2, 0) is 11.8 Å². The van der Waals surface area contributed by atoms with E-state index >= 15 is 0 Å². The van der Waals surface area contributed by atoms with E-state index in [4.69, 9.17) is 9.26 Å². The summed E-state index contributed by atoms with van der Waals surface area (Å²) in [5.41, 5.74) is 0. The van der Waals surface area contributed by atoms with Crippen molar-refractivity contribution in [3.05, 3.63) is 54.4 Å². The minimum atomic E-state index is -3.89. The molecule has 2 N–H and O–H groups in total. The molecule has 124 valence electrons. The third-order valence-corrected chi connectivity index (χ3v) is 3.47. The van der Waals surface area contributed by atoms with E-state index in [2.05, 4.69) is 26.9 Å². The maximum Gasteiger partial charge on any atom is 0.377 e. The van der Waals surface area contributed by atoms with Crippen LogP contribution >= 0.6 is 6.72 Å². The van der Waals surface area contributed by atoms with E-state index in [1.165, 1.54) is 4.68 Å². The fourth-order valence-electron chi connectivity index (χ4n) is 1.92. The van der Waals surface area contributed by atoms with E-state index < -0.39 is 6.72 Å². The van der Waals surface area contributed by atoms with Gasteiger partial charge in [0.2, 0.25) is 5.88 Å². The van der Waals surface area contributed by atoms with E-state index in [1.54, 1.807) is 25.1 Å². The molecule has 0 aliphatic heterocycles. The van der Waals surface area contributed by atoms with Crippen molar-refractivity contribution in [3.8, 4) is 23.5 Å². The molecule has 0 atom stereocenters. The van der Waals surface area contributed by atoms with Crippen LogP contribution in [0.3, 0.4) is 0 Å². The lowest BCUT2D eigenvalue weighted by molar-refractivity contribution is 0.357. The van der Waals surface area contributed by atoms with Crippen LogP contribution in [0.2, 0.25) is 0 Å². The second-order valence-electron chi connectivity index (χ2n) is 4.68. The van der Waals surface area contributed by atoms with E-state index in [1.807, 2.05) is 30.3 Å². The minimum Gasteiger partial charge on any atom is -0.439 e. The maximum atomic E-state index is 9.18. The summed E-state index contributed by atoms with van der Waals surface area (Å²) >= 11 is 4.40. The number of hydrogen-bond acceptors (Lipinski definition) is 6. The number of pyridine rings is 1. The summed E-state index contributed by atoms with van der Waals surface area (Å²) < 4.78 is 11.8. The summed E-state index contributed by atoms with van der Waals surface area (Å²) in [4.78, 5) is 26.7. The molecule has 0 aliphatic rings. The normalized spacial score (nSPS) is 11.3. The monoisotopic (exact) mass is 364 g/mol. The molecule has 8 nitrogen and oxygen atoms in total. The predicted octanol–water partition coefficient (Wildman–Crippen LogP) is 2.35. The van der Waals surface area contributed by atoms with Gasteiger partial charge < -0.3 is 19.0 Å². The van der Waals surface area contributed by atoms with Crippen molar-refractivity contribution in [2.45, 2.75) is 6.92 Å². The van der Waals surface area contributed by atoms with Crippen molar-refractivity contribution in [3.63, 3.8) is 0 Å². The lowest BCUT2D eigenvalue weighted by atomic mass is 10.3. The summed E-state index contributed by atoms with van der Waals surface area (Å²) in [5, 5.41) is 4.02. The fraction of sp³-hybridized carbons (Fsp3) is 0.0714. The van der Waals surface area contributed by atoms with Crippen LogP contribution in [0.4, 0.5) is 0 Å². The maximum absolute atomic E-state index is 9.18. The van der Waals surface area contributed by atoms with Crippen LogP contribution in [-0.4, -0.2) is 29.5 Å². The van der Waals surface area contributed by atoms with E-state index in [9.17, 15) is 9.79 Å². The number of ether oxygens (including phenoxy) is 1. The highest BCUT2D eigenvalue weighted by atomic mass is 32.5. The van der Waals surface area contributed by atoms with Gasteiger partial charge in [-0.15, -0.1) is 5.10 Å². The Labute approximate surface area is 142 Å². The molecule has 0 aliphatic carbocycles. The molecule has 0 unspecified atom stereocenters. The van der Waals surface area contributed by atoms with Crippen molar-refractivity contribution in [2.75, 3.05) is 0 Å². The molecule has 24 heavy (non-hydrogen) atoms. The highest BCUT2D eigenvalue weighted by Crippen LogP contribution is 2.36. The average molecular weight is 364 g/mol. The first-order valence-corrected chi connectivity index (χ1v) is 9.42. The zero-order valence-corrected chi connectivity index (χ0v) is 14.2. The molecular formula is C14H13N4O4PS. The van der Waals surface area contributed by atoms with Gasteiger partial charge in [0.25, 0.3) is 0 Å². The number of aromatic nitrogens is 4. The van der Waals surface area contributed by atoms with E-state index in [0.29, 0.717) is 23.3 Å². The van der Waals surface area contributed by atoms with Gasteiger partial charge in [0, 0.05) is 17.9 Å². The molecule has 0 bridgehead atoms. The van der Waals surface area contributed by atoms with Crippen LogP contribution in [0.5, 0.6) is 17.6 Å². The van der Waals surface area contributed by atoms with Crippen molar-refractivity contribution in [1.29, 1.82) is 0 Å². The molecule has 0 spiro atoms. The van der Waals surface area contributed by atoms with E-state index in [0.717, 1.165) is 0 Å². The number of nitrogens with zero attached hydrogens (tertiary/aromatic N) is 4. The Morgan fingerprint density at radius 2 is 1.79 bits per heavy atom. The van der Waals surface area contributed by atoms with Gasteiger partial charge >= 0.3 is 12.7 Å². The smallest absolute Gasteiger partial charge is 0.377 e. The number of hydrogen-bond donors (Lipinski definition) is 2. The number of benzene rings is 1. The van der Waals surface area contributed by atoms with Crippen molar-refractivity contribution in [1.82, 2.24) is 19.7 Å². The van der Waals surface area contributed by atoms with Gasteiger partial charge in [-0.1, -0.05) is 24.3 Å². The molecule has 3 rings (SSSR count). The van der Waals surface area contributed by atoms with Gasteiger partial charge in [0.05, 0.1) is 0 Å². The molecular weight excluding hydrogens is 351 g/mol. The summed E-state index contributed by atoms with van der Waals surface area (Å²) in [7, 11) is 0. The summed E-state index contributed by atoms with van der Waals surface area (Å²) in [6.45, 7) is -2.22. The van der Waals surface area contributed by atoms with Crippen LogP contribution in [0.1, 0.15) is 5.82 Å². The number of rotatable bonds is 5. The van der Waals surface area contributed by atoms with Gasteiger partial charge in [-0.3, -0.25) is 0 Å². The quantitative estimate of drug-likeness (QED) is 0.665. The molecule has 3 aromatic rings. The summed E-state index contributed by atoms with van der Waals surface area (Å²) in [5.74, 6) is 1.92. The molecule has 0 saturated carbocycles. The first-order chi connectivity index (χ1) is 11.4. The van der Waals surface area contributed by atoms with Crippen LogP contribution < -0.4 is 9.26 Å². The number of para-hydroxylation sites is 1. The summed E-state index contributed by atoms with van der Waals surface area (Å²) in [6, 6.07) is 14.2. The lowest BCUT2D eigenvalue weighted by Gasteiger charge is -2.07. The first kappa shape index (κ1) is 16.5. The SMILES string of the molecule is Cc1nc(OP(O)(O)=S)nn1-c1cccc(Oc2ccccc2)n1. The molecule has 10 heteroatoms. The molecule has 0 fully saturated rings. The predicted molar refractivity (Wildman–Crippen MR) is 89.8 cm³/mol. The Bertz CT molecular complexity index is 897. The molecule has 0 radical (unpaired) electrons.